The summed E-state index contributed by atoms with van der Waals surface area (Å²) in [5, 5.41) is 29.4. The summed E-state index contributed by atoms with van der Waals surface area (Å²) in [6.07, 6.45) is 0. The zero-order valence-corrected chi connectivity index (χ0v) is 38.1. The second-order valence-corrected chi connectivity index (χ2v) is 19.6. The van der Waals surface area contributed by atoms with Gasteiger partial charge >= 0.3 is 5.97 Å². The standard InChI is InChI=1S/C54H52BrNO5/c1-29(2)35-13-11-14-36(30(3)4)50(35)56-51(57)41-27-43(60-33-21-17-31(18-22-33)53(5,6)7)48-38-16-12-15-37-42(55)28-44(61-34-23-19-32(20-24-34)54(8,9)10)47(45(37)38)39-25-26-40(52(58)59)46(41)49(39)48/h11-30H,1-10H3,(H,56,57)(H,58,59). The van der Waals surface area contributed by atoms with E-state index in [1.165, 1.54) is 5.56 Å². The highest BCUT2D eigenvalue weighted by Gasteiger charge is 2.28. The van der Waals surface area contributed by atoms with Gasteiger partial charge < -0.3 is 19.7 Å². The third-order valence-corrected chi connectivity index (χ3v) is 12.4. The summed E-state index contributed by atoms with van der Waals surface area (Å²) >= 11 is 3.88. The predicted octanol–water partition coefficient (Wildman–Crippen LogP) is 16.3. The minimum Gasteiger partial charge on any atom is -0.493 e. The van der Waals surface area contributed by atoms with Gasteiger partial charge in [0.15, 0.2) is 0 Å². The van der Waals surface area contributed by atoms with E-state index in [9.17, 15) is 15.0 Å². The quantitative estimate of drug-likeness (QED) is 0.0653. The molecular weight excluding hydrogens is 822 g/mol. The first-order valence-electron chi connectivity index (χ1n) is 20.9. The van der Waals surface area contributed by atoms with Crippen molar-refractivity contribution in [2.45, 2.75) is 91.9 Å². The Bertz CT molecular complexity index is 2990. The van der Waals surface area contributed by atoms with Crippen LogP contribution in [0.2, 0.25) is 0 Å². The number of hydrogen-bond acceptors (Lipinski definition) is 4. The molecule has 0 bridgehead atoms. The van der Waals surface area contributed by atoms with Crippen molar-refractivity contribution in [2.75, 3.05) is 0 Å². The number of aliphatic hydroxyl groups excluding tert-OH is 1. The molecule has 8 aromatic carbocycles. The fourth-order valence-corrected chi connectivity index (χ4v) is 9.06. The predicted molar refractivity (Wildman–Crippen MR) is 256 cm³/mol. The van der Waals surface area contributed by atoms with Crippen LogP contribution in [0.4, 0.5) is 5.69 Å². The van der Waals surface area contributed by atoms with Gasteiger partial charge in [0, 0.05) is 37.0 Å². The van der Waals surface area contributed by atoms with Crippen molar-refractivity contribution in [1.29, 1.82) is 0 Å². The van der Waals surface area contributed by atoms with Crippen molar-refractivity contribution < 1.29 is 24.5 Å². The summed E-state index contributed by atoms with van der Waals surface area (Å²) in [6, 6.07) is 35.6. The van der Waals surface area contributed by atoms with E-state index in [1.807, 2.05) is 66.7 Å². The van der Waals surface area contributed by atoms with E-state index in [2.05, 4.69) is 115 Å². The van der Waals surface area contributed by atoms with E-state index in [-0.39, 0.29) is 39.7 Å². The molecule has 8 aromatic rings. The third-order valence-electron chi connectivity index (χ3n) is 11.8. The summed E-state index contributed by atoms with van der Waals surface area (Å²) in [7, 11) is 0. The largest absolute Gasteiger partial charge is 0.493 e. The van der Waals surface area contributed by atoms with Gasteiger partial charge in [-0.15, -0.1) is 0 Å². The molecule has 0 aromatic heterocycles. The van der Waals surface area contributed by atoms with E-state index in [0.717, 1.165) is 48.1 Å². The van der Waals surface area contributed by atoms with Crippen molar-refractivity contribution in [3.63, 3.8) is 0 Å². The monoisotopic (exact) mass is 873 g/mol. The normalized spacial score (nSPS) is 12.8. The van der Waals surface area contributed by atoms with Crippen molar-refractivity contribution in [3.05, 3.63) is 147 Å². The smallest absolute Gasteiger partial charge is 0.336 e. The molecule has 0 spiro atoms. The third kappa shape index (κ3) is 7.58. The first-order valence-corrected chi connectivity index (χ1v) is 21.7. The van der Waals surface area contributed by atoms with Gasteiger partial charge in [0.05, 0.1) is 11.3 Å². The number of para-hydroxylation sites is 1. The molecule has 0 saturated carbocycles. The molecule has 0 aliphatic rings. The number of hydrogen-bond donors (Lipinski definition) is 2. The van der Waals surface area contributed by atoms with E-state index in [1.54, 1.807) is 12.1 Å². The van der Waals surface area contributed by atoms with Gasteiger partial charge in [-0.05, 0) is 104 Å². The zero-order valence-electron chi connectivity index (χ0n) is 36.5. The van der Waals surface area contributed by atoms with E-state index < -0.39 is 5.97 Å². The molecule has 7 heteroatoms. The number of aliphatic hydroxyl groups is 1. The Hall–Kier alpha value is -5.92. The molecule has 6 nitrogen and oxygen atoms in total. The van der Waals surface area contributed by atoms with Crippen LogP contribution in [0.1, 0.15) is 119 Å². The molecule has 8 rings (SSSR count). The lowest BCUT2D eigenvalue weighted by Crippen LogP contribution is -2.10. The maximum atomic E-state index is 13.4. The minimum absolute atomic E-state index is 0.0270. The van der Waals surface area contributed by atoms with Gasteiger partial charge in [-0.3, -0.25) is 0 Å². The average Bonchev–Trinajstić information content (AvgIpc) is 3.20. The first-order chi connectivity index (χ1) is 28.8. The van der Waals surface area contributed by atoms with Crippen LogP contribution in [0.5, 0.6) is 23.0 Å². The Labute approximate surface area is 366 Å². The Morgan fingerprint density at radius 1 is 0.557 bits per heavy atom. The molecule has 0 unspecified atom stereocenters. The summed E-state index contributed by atoms with van der Waals surface area (Å²) in [5.41, 5.74) is 5.19. The van der Waals surface area contributed by atoms with E-state index in [0.29, 0.717) is 44.8 Å². The number of carboxylic acid groups (broad SMARTS) is 1. The molecule has 0 radical (unpaired) electrons. The lowest BCUT2D eigenvalue weighted by Gasteiger charge is -2.23. The molecule has 310 valence electrons. The summed E-state index contributed by atoms with van der Waals surface area (Å²) < 4.78 is 14.6. The minimum atomic E-state index is -1.13. The number of carboxylic acids is 1. The highest BCUT2D eigenvalue weighted by atomic mass is 79.9. The Morgan fingerprint density at radius 3 is 1.54 bits per heavy atom. The summed E-state index contributed by atoms with van der Waals surface area (Å²) in [5.74, 6) is 1.13. The fraction of sp³-hybridized carbons (Fsp3) is 0.259. The zero-order chi connectivity index (χ0) is 43.7. The van der Waals surface area contributed by atoms with E-state index in [4.69, 9.17) is 14.5 Å². The number of aromatic carboxylic acids is 1. The highest BCUT2D eigenvalue weighted by molar-refractivity contribution is 9.10. The van der Waals surface area contributed by atoms with Gasteiger partial charge in [-0.2, -0.15) is 0 Å². The molecule has 0 aliphatic carbocycles. The van der Waals surface area contributed by atoms with Crippen LogP contribution in [0.25, 0.3) is 43.1 Å². The number of benzene rings is 8. The lowest BCUT2D eigenvalue weighted by molar-refractivity contribution is 0.0699. The molecule has 0 fully saturated rings. The number of ether oxygens (including phenoxy) is 2. The molecule has 0 amide bonds. The molecule has 0 atom stereocenters. The summed E-state index contributed by atoms with van der Waals surface area (Å²) in [4.78, 5) is 18.4. The maximum Gasteiger partial charge on any atom is 0.336 e. The topological polar surface area (TPSA) is 88.4 Å². The Kier molecular flexibility index (Phi) is 10.6. The average molecular weight is 875 g/mol. The van der Waals surface area contributed by atoms with Crippen LogP contribution >= 0.6 is 15.9 Å². The number of rotatable bonds is 9. The van der Waals surface area contributed by atoms with E-state index >= 15 is 0 Å². The van der Waals surface area contributed by atoms with Gasteiger partial charge in [0.25, 0.3) is 0 Å². The second-order valence-electron chi connectivity index (χ2n) is 18.8. The van der Waals surface area contributed by atoms with Gasteiger partial charge in [0.1, 0.15) is 23.0 Å². The highest BCUT2D eigenvalue weighted by Crippen LogP contribution is 2.51. The van der Waals surface area contributed by atoms with Crippen LogP contribution in [0.3, 0.4) is 0 Å². The van der Waals surface area contributed by atoms with Crippen LogP contribution in [-0.4, -0.2) is 22.1 Å². The van der Waals surface area contributed by atoms with Gasteiger partial charge in [-0.1, -0.05) is 152 Å². The number of nitrogens with zero attached hydrogens (tertiary/aromatic N) is 1. The number of halogens is 1. The summed E-state index contributed by atoms with van der Waals surface area (Å²) in [6.45, 7) is 21.5. The molecule has 61 heavy (non-hydrogen) atoms. The van der Waals surface area contributed by atoms with Crippen molar-refractivity contribution >= 4 is 76.6 Å². The first kappa shape index (κ1) is 41.8. The molecule has 0 saturated heterocycles. The van der Waals surface area contributed by atoms with Gasteiger partial charge in [0.2, 0.25) is 5.90 Å². The van der Waals surface area contributed by atoms with Crippen molar-refractivity contribution in [1.82, 2.24) is 0 Å². The number of aliphatic imine (C=N–C) groups is 1. The molecule has 0 heterocycles. The second kappa shape index (κ2) is 15.5. The Balaban J connectivity index is 1.51. The molecule has 0 aliphatic heterocycles. The number of fused-ring (bicyclic) bond motifs is 2. The van der Waals surface area contributed by atoms with Crippen LogP contribution < -0.4 is 9.47 Å². The fourth-order valence-electron chi connectivity index (χ4n) is 8.52. The molecular formula is C54H52BrNO5. The van der Waals surface area contributed by atoms with Crippen molar-refractivity contribution in [2.24, 2.45) is 4.99 Å². The Morgan fingerprint density at radius 2 is 1.03 bits per heavy atom. The maximum absolute atomic E-state index is 13.4. The van der Waals surface area contributed by atoms with Crippen LogP contribution in [0.15, 0.2) is 119 Å². The van der Waals surface area contributed by atoms with Crippen LogP contribution in [0, 0.1) is 0 Å². The SMILES string of the molecule is CC(C)c1cccc(C(C)C)c1N=C(O)c1cc(Oc2ccc(C(C)(C)C)cc2)c2c3cccc4c(Br)cc(Oc5ccc(C(C)(C)C)cc5)c(c5ccc(C(=O)O)c1c52)c43. The number of carbonyl (C=O) groups is 1. The van der Waals surface area contributed by atoms with Crippen molar-refractivity contribution in [3.8, 4) is 23.0 Å². The van der Waals surface area contributed by atoms with Crippen LogP contribution in [-0.2, 0) is 10.8 Å². The molecule has 2 N–H and O–H groups in total. The van der Waals surface area contributed by atoms with Gasteiger partial charge in [-0.25, -0.2) is 9.79 Å². The lowest BCUT2D eigenvalue weighted by atomic mass is 9.85.